The Morgan fingerprint density at radius 1 is 1.35 bits per heavy atom. The van der Waals surface area contributed by atoms with Crippen LogP contribution in [0, 0.1) is 5.82 Å². The molecule has 1 aromatic rings. The van der Waals surface area contributed by atoms with Gasteiger partial charge in [0.05, 0.1) is 0 Å². The summed E-state index contributed by atoms with van der Waals surface area (Å²) in [6, 6.07) is 6.33. The van der Waals surface area contributed by atoms with Gasteiger partial charge in [-0.2, -0.15) is 0 Å². The molecule has 1 aliphatic heterocycles. The van der Waals surface area contributed by atoms with E-state index in [2.05, 4.69) is 5.32 Å². The lowest BCUT2D eigenvalue weighted by Crippen LogP contribution is -2.38. The molecule has 1 heterocycles. The van der Waals surface area contributed by atoms with Crippen LogP contribution in [0.4, 0.5) is 4.39 Å². The lowest BCUT2D eigenvalue weighted by Gasteiger charge is -2.30. The number of carbonyl (C=O) groups excluding carboxylic acids is 1. The van der Waals surface area contributed by atoms with Gasteiger partial charge in [0.15, 0.2) is 0 Å². The highest BCUT2D eigenvalue weighted by atomic mass is 19.1. The second kappa shape index (κ2) is 4.84. The van der Waals surface area contributed by atoms with Gasteiger partial charge < -0.3 is 11.1 Å². The van der Waals surface area contributed by atoms with Crippen LogP contribution in [0.15, 0.2) is 24.3 Å². The molecule has 0 radical (unpaired) electrons. The van der Waals surface area contributed by atoms with Crippen LogP contribution in [0.25, 0.3) is 0 Å². The van der Waals surface area contributed by atoms with Crippen molar-refractivity contribution in [2.75, 3.05) is 13.1 Å². The first-order valence-corrected chi connectivity index (χ1v) is 5.89. The normalized spacial score (nSPS) is 25.2. The Bertz CT molecular complexity index is 404. The van der Waals surface area contributed by atoms with Crippen molar-refractivity contribution in [2.45, 2.75) is 24.7 Å². The highest BCUT2D eigenvalue weighted by Crippen LogP contribution is 2.33. The number of halogens is 1. The van der Waals surface area contributed by atoms with E-state index in [0.29, 0.717) is 19.5 Å². The topological polar surface area (TPSA) is 55.1 Å². The third-order valence-corrected chi connectivity index (χ3v) is 3.50. The molecule has 0 aromatic heterocycles. The van der Waals surface area contributed by atoms with Crippen LogP contribution >= 0.6 is 0 Å². The molecule has 0 aliphatic carbocycles. The largest absolute Gasteiger partial charge is 0.356 e. The predicted molar refractivity (Wildman–Crippen MR) is 64.0 cm³/mol. The molecule has 2 rings (SSSR count). The lowest BCUT2D eigenvalue weighted by molar-refractivity contribution is -0.121. The molecule has 1 aromatic carbocycles. The highest BCUT2D eigenvalue weighted by molar-refractivity contribution is 5.78. The minimum atomic E-state index is -0.339. The molecule has 1 saturated heterocycles. The first-order chi connectivity index (χ1) is 8.16. The number of rotatable bonds is 2. The monoisotopic (exact) mass is 236 g/mol. The number of hydrogen-bond acceptors (Lipinski definition) is 2. The third-order valence-electron chi connectivity index (χ3n) is 3.50. The summed E-state index contributed by atoms with van der Waals surface area (Å²) < 4.78 is 12.9. The van der Waals surface area contributed by atoms with Crippen LogP contribution in [-0.2, 0) is 10.2 Å². The molecule has 92 valence electrons. The number of nitrogens with two attached hydrogens (primary N) is 1. The fourth-order valence-corrected chi connectivity index (χ4v) is 2.45. The second-order valence-electron chi connectivity index (χ2n) is 4.62. The van der Waals surface area contributed by atoms with E-state index in [-0.39, 0.29) is 17.1 Å². The summed E-state index contributed by atoms with van der Waals surface area (Å²) in [4.78, 5) is 11.7. The molecule has 1 unspecified atom stereocenters. The zero-order valence-corrected chi connectivity index (χ0v) is 9.71. The van der Waals surface area contributed by atoms with Crippen LogP contribution in [-0.4, -0.2) is 19.0 Å². The number of hydrogen-bond donors (Lipinski definition) is 2. The highest BCUT2D eigenvalue weighted by Gasteiger charge is 2.34. The number of carbonyl (C=O) groups is 1. The first-order valence-electron chi connectivity index (χ1n) is 5.89. The SMILES string of the molecule is NCC1(c2ccc(F)cc2)CCCNC(=O)C1. The van der Waals surface area contributed by atoms with Gasteiger partial charge in [-0.05, 0) is 30.5 Å². The van der Waals surface area contributed by atoms with Crippen molar-refractivity contribution in [3.8, 4) is 0 Å². The molecule has 4 heteroatoms. The number of nitrogens with one attached hydrogen (secondary N) is 1. The van der Waals surface area contributed by atoms with Crippen LogP contribution in [0.5, 0.6) is 0 Å². The van der Waals surface area contributed by atoms with E-state index in [1.165, 1.54) is 12.1 Å². The van der Waals surface area contributed by atoms with Crippen molar-refractivity contribution < 1.29 is 9.18 Å². The molecule has 17 heavy (non-hydrogen) atoms. The van der Waals surface area contributed by atoms with E-state index < -0.39 is 0 Å². The molecule has 0 bridgehead atoms. The fourth-order valence-electron chi connectivity index (χ4n) is 2.45. The minimum absolute atomic E-state index is 0.0253. The summed E-state index contributed by atoms with van der Waals surface area (Å²) in [7, 11) is 0. The molecule has 0 spiro atoms. The Kier molecular flexibility index (Phi) is 3.43. The van der Waals surface area contributed by atoms with E-state index in [4.69, 9.17) is 5.73 Å². The van der Waals surface area contributed by atoms with Crippen molar-refractivity contribution in [3.05, 3.63) is 35.6 Å². The summed E-state index contributed by atoms with van der Waals surface area (Å²) in [6.45, 7) is 1.10. The zero-order valence-electron chi connectivity index (χ0n) is 9.71. The number of amides is 1. The minimum Gasteiger partial charge on any atom is -0.356 e. The smallest absolute Gasteiger partial charge is 0.220 e. The van der Waals surface area contributed by atoms with Gasteiger partial charge in [0.25, 0.3) is 0 Å². The molecule has 0 saturated carbocycles. The van der Waals surface area contributed by atoms with Gasteiger partial charge in [0, 0.05) is 24.9 Å². The van der Waals surface area contributed by atoms with E-state index in [1.54, 1.807) is 12.1 Å². The molecule has 1 aliphatic rings. The van der Waals surface area contributed by atoms with Crippen molar-refractivity contribution >= 4 is 5.91 Å². The number of benzene rings is 1. The third kappa shape index (κ3) is 2.47. The van der Waals surface area contributed by atoms with Crippen LogP contribution in [0.1, 0.15) is 24.8 Å². The summed E-state index contributed by atoms with van der Waals surface area (Å²) in [5, 5.41) is 2.85. The van der Waals surface area contributed by atoms with Gasteiger partial charge in [0.1, 0.15) is 5.82 Å². The Balaban J connectivity index is 2.34. The Labute approximate surface area is 100 Å². The van der Waals surface area contributed by atoms with Crippen molar-refractivity contribution in [1.29, 1.82) is 0 Å². The summed E-state index contributed by atoms with van der Waals surface area (Å²) in [6.07, 6.45) is 2.14. The van der Waals surface area contributed by atoms with Crippen LogP contribution in [0.3, 0.4) is 0 Å². The predicted octanol–water partition coefficient (Wildman–Crippen LogP) is 1.32. The van der Waals surface area contributed by atoms with Gasteiger partial charge >= 0.3 is 0 Å². The van der Waals surface area contributed by atoms with Gasteiger partial charge in [-0.3, -0.25) is 4.79 Å². The Hall–Kier alpha value is -1.42. The van der Waals surface area contributed by atoms with Gasteiger partial charge in [-0.15, -0.1) is 0 Å². The molecule has 3 nitrogen and oxygen atoms in total. The summed E-state index contributed by atoms with van der Waals surface area (Å²) in [5.74, 6) is -0.240. The van der Waals surface area contributed by atoms with E-state index in [0.717, 1.165) is 18.4 Å². The molecular weight excluding hydrogens is 219 g/mol. The van der Waals surface area contributed by atoms with E-state index in [1.807, 2.05) is 0 Å². The maximum Gasteiger partial charge on any atom is 0.220 e. The molecule has 1 fully saturated rings. The molecular formula is C13H17FN2O. The quantitative estimate of drug-likeness (QED) is 0.813. The molecule has 3 N–H and O–H groups in total. The summed E-state index contributed by atoms with van der Waals surface area (Å²) >= 11 is 0. The molecule has 1 atom stereocenters. The average molecular weight is 236 g/mol. The van der Waals surface area contributed by atoms with E-state index in [9.17, 15) is 9.18 Å². The van der Waals surface area contributed by atoms with Crippen LogP contribution in [0.2, 0.25) is 0 Å². The lowest BCUT2D eigenvalue weighted by atomic mass is 9.74. The average Bonchev–Trinajstić information content (AvgIpc) is 2.52. The van der Waals surface area contributed by atoms with Gasteiger partial charge in [0.2, 0.25) is 5.91 Å². The standard InChI is InChI=1S/C13H17FN2O/c14-11-4-2-10(3-5-11)13(9-15)6-1-7-16-12(17)8-13/h2-5H,1,6-9,15H2,(H,16,17). The van der Waals surface area contributed by atoms with Gasteiger partial charge in [-0.25, -0.2) is 4.39 Å². The van der Waals surface area contributed by atoms with Crippen molar-refractivity contribution in [2.24, 2.45) is 5.73 Å². The van der Waals surface area contributed by atoms with Crippen molar-refractivity contribution in [3.63, 3.8) is 0 Å². The van der Waals surface area contributed by atoms with Gasteiger partial charge in [-0.1, -0.05) is 12.1 Å². The zero-order chi connectivity index (χ0) is 12.3. The van der Waals surface area contributed by atoms with Crippen LogP contribution < -0.4 is 11.1 Å². The fraction of sp³-hybridized carbons (Fsp3) is 0.462. The Morgan fingerprint density at radius 3 is 2.71 bits per heavy atom. The maximum absolute atomic E-state index is 12.9. The molecule has 1 amide bonds. The summed E-state index contributed by atoms with van der Waals surface area (Å²) in [5.41, 5.74) is 6.48. The maximum atomic E-state index is 12.9. The van der Waals surface area contributed by atoms with E-state index >= 15 is 0 Å². The van der Waals surface area contributed by atoms with Crippen molar-refractivity contribution in [1.82, 2.24) is 5.32 Å². The Morgan fingerprint density at radius 2 is 2.06 bits per heavy atom. The second-order valence-corrected chi connectivity index (χ2v) is 4.62. The first kappa shape index (κ1) is 12.0.